The normalized spacial score (nSPS) is 24.4. The van der Waals surface area contributed by atoms with Crippen molar-refractivity contribution in [1.82, 2.24) is 10.6 Å². The molecule has 4 rings (SSSR count). The number of hydrogen-bond acceptors (Lipinski definition) is 2. The standard InChI is InChI=1S/C32H46N2O2/c1-3-5-11-23-13-7-9-15-29(23)33-31(35)27-19-17-26-22-28(20-18-25(26)21-27)32(36)34-30-16-10-8-14-24(30)12-6-4-2/h17-24,29-30H,3-16H2,1-2H3,(H,33,35)(H,34,36). The Bertz CT molecular complexity index is 935. The van der Waals surface area contributed by atoms with E-state index in [0.29, 0.717) is 35.0 Å². The lowest BCUT2D eigenvalue weighted by molar-refractivity contribution is 0.0894. The minimum Gasteiger partial charge on any atom is -0.349 e. The molecule has 4 heteroatoms. The second kappa shape index (κ2) is 13.3. The molecule has 196 valence electrons. The van der Waals surface area contributed by atoms with Crippen molar-refractivity contribution in [1.29, 1.82) is 0 Å². The van der Waals surface area contributed by atoms with Crippen molar-refractivity contribution in [3.63, 3.8) is 0 Å². The van der Waals surface area contributed by atoms with Gasteiger partial charge in [0.25, 0.3) is 11.8 Å². The Hall–Kier alpha value is -2.36. The van der Waals surface area contributed by atoms with Crippen LogP contribution in [0.1, 0.15) is 124 Å². The highest BCUT2D eigenvalue weighted by atomic mass is 16.2. The second-order valence-electron chi connectivity index (χ2n) is 11.3. The highest BCUT2D eigenvalue weighted by Gasteiger charge is 2.27. The SMILES string of the molecule is CCCCC1CCCCC1NC(=O)c1ccc2cc(C(=O)NC3CCCCC3CCCC)ccc2c1. The number of unbranched alkanes of at least 4 members (excludes halogenated alkanes) is 2. The highest BCUT2D eigenvalue weighted by molar-refractivity contribution is 6.02. The molecular formula is C32H46N2O2. The topological polar surface area (TPSA) is 58.2 Å². The molecule has 2 aromatic carbocycles. The lowest BCUT2D eigenvalue weighted by Gasteiger charge is -2.32. The van der Waals surface area contributed by atoms with Crippen LogP contribution in [0.3, 0.4) is 0 Å². The van der Waals surface area contributed by atoms with Crippen molar-refractivity contribution < 1.29 is 9.59 Å². The van der Waals surface area contributed by atoms with Crippen LogP contribution in [0.5, 0.6) is 0 Å². The molecule has 2 amide bonds. The minimum absolute atomic E-state index is 0.0301. The second-order valence-corrected chi connectivity index (χ2v) is 11.3. The third-order valence-electron chi connectivity index (χ3n) is 8.67. The van der Waals surface area contributed by atoms with Crippen LogP contribution in [-0.2, 0) is 0 Å². The first-order chi connectivity index (χ1) is 17.6. The Morgan fingerprint density at radius 2 is 1.08 bits per heavy atom. The van der Waals surface area contributed by atoms with Crippen molar-refractivity contribution in [2.75, 3.05) is 0 Å². The monoisotopic (exact) mass is 490 g/mol. The van der Waals surface area contributed by atoms with Gasteiger partial charge in [-0.3, -0.25) is 9.59 Å². The summed E-state index contributed by atoms with van der Waals surface area (Å²) in [6.07, 6.45) is 16.9. The third-order valence-corrected chi connectivity index (χ3v) is 8.67. The molecule has 0 radical (unpaired) electrons. The fourth-order valence-corrected chi connectivity index (χ4v) is 6.45. The Balaban J connectivity index is 1.40. The van der Waals surface area contributed by atoms with E-state index < -0.39 is 0 Å². The van der Waals surface area contributed by atoms with Gasteiger partial charge in [0.1, 0.15) is 0 Å². The summed E-state index contributed by atoms with van der Waals surface area (Å²) in [7, 11) is 0. The average molecular weight is 491 g/mol. The van der Waals surface area contributed by atoms with Gasteiger partial charge >= 0.3 is 0 Å². The van der Waals surface area contributed by atoms with Crippen molar-refractivity contribution in [2.45, 2.75) is 116 Å². The van der Waals surface area contributed by atoms with Gasteiger partial charge in [0.2, 0.25) is 0 Å². The molecule has 0 spiro atoms. The molecule has 2 aliphatic rings. The number of hydrogen-bond donors (Lipinski definition) is 2. The molecule has 4 unspecified atom stereocenters. The largest absolute Gasteiger partial charge is 0.349 e. The maximum absolute atomic E-state index is 13.1. The summed E-state index contributed by atoms with van der Waals surface area (Å²) in [5, 5.41) is 8.71. The molecule has 2 fully saturated rings. The zero-order valence-electron chi connectivity index (χ0n) is 22.5. The van der Waals surface area contributed by atoms with Crippen molar-refractivity contribution in [2.24, 2.45) is 11.8 Å². The van der Waals surface area contributed by atoms with Crippen LogP contribution >= 0.6 is 0 Å². The van der Waals surface area contributed by atoms with Gasteiger partial charge < -0.3 is 10.6 Å². The average Bonchev–Trinajstić information content (AvgIpc) is 2.91. The Morgan fingerprint density at radius 3 is 1.50 bits per heavy atom. The summed E-state index contributed by atoms with van der Waals surface area (Å²) in [6.45, 7) is 4.47. The zero-order valence-corrected chi connectivity index (χ0v) is 22.5. The quantitative estimate of drug-likeness (QED) is 0.357. The van der Waals surface area contributed by atoms with E-state index in [1.54, 1.807) is 0 Å². The molecule has 2 N–H and O–H groups in total. The Labute approximate surface area is 218 Å². The maximum atomic E-state index is 13.1. The number of rotatable bonds is 10. The van der Waals surface area contributed by atoms with Crippen LogP contribution < -0.4 is 10.6 Å². The number of amides is 2. The van der Waals surface area contributed by atoms with Gasteiger partial charge in [-0.05, 0) is 85.4 Å². The molecule has 0 bridgehead atoms. The van der Waals surface area contributed by atoms with Crippen LogP contribution in [0.25, 0.3) is 10.8 Å². The number of benzene rings is 2. The molecule has 0 heterocycles. The van der Waals surface area contributed by atoms with E-state index in [1.807, 2.05) is 36.4 Å². The smallest absolute Gasteiger partial charge is 0.251 e. The number of carbonyl (C=O) groups excluding carboxylic acids is 2. The van der Waals surface area contributed by atoms with Gasteiger partial charge in [-0.25, -0.2) is 0 Å². The van der Waals surface area contributed by atoms with Gasteiger partial charge in [0, 0.05) is 23.2 Å². The fraction of sp³-hybridized carbons (Fsp3) is 0.625. The molecule has 2 aliphatic carbocycles. The minimum atomic E-state index is 0.0301. The predicted octanol–water partition coefficient (Wildman–Crippen LogP) is 7.80. The molecule has 4 nitrogen and oxygen atoms in total. The third kappa shape index (κ3) is 6.89. The lowest BCUT2D eigenvalue weighted by Crippen LogP contribution is -2.42. The van der Waals surface area contributed by atoms with Gasteiger partial charge in [-0.15, -0.1) is 0 Å². The summed E-state index contributed by atoms with van der Waals surface area (Å²) >= 11 is 0. The number of nitrogens with one attached hydrogen (secondary N) is 2. The molecule has 4 atom stereocenters. The predicted molar refractivity (Wildman–Crippen MR) is 149 cm³/mol. The first-order valence-electron chi connectivity index (χ1n) is 14.7. The van der Waals surface area contributed by atoms with Gasteiger partial charge in [-0.2, -0.15) is 0 Å². The molecular weight excluding hydrogens is 444 g/mol. The Morgan fingerprint density at radius 1 is 0.667 bits per heavy atom. The van der Waals surface area contributed by atoms with Crippen molar-refractivity contribution >= 4 is 22.6 Å². The summed E-state index contributed by atoms with van der Waals surface area (Å²) in [5.41, 5.74) is 1.42. The molecule has 2 saturated carbocycles. The lowest BCUT2D eigenvalue weighted by atomic mass is 9.81. The van der Waals surface area contributed by atoms with Crippen LogP contribution in [0.2, 0.25) is 0 Å². The van der Waals surface area contributed by atoms with E-state index in [0.717, 1.165) is 23.6 Å². The van der Waals surface area contributed by atoms with E-state index in [2.05, 4.69) is 24.5 Å². The summed E-state index contributed by atoms with van der Waals surface area (Å²) in [4.78, 5) is 26.2. The first-order valence-corrected chi connectivity index (χ1v) is 14.7. The zero-order chi connectivity index (χ0) is 25.3. The molecule has 2 aromatic rings. The van der Waals surface area contributed by atoms with E-state index in [1.165, 1.54) is 77.0 Å². The fourth-order valence-electron chi connectivity index (χ4n) is 6.45. The van der Waals surface area contributed by atoms with Crippen LogP contribution in [-0.4, -0.2) is 23.9 Å². The Kier molecular flexibility index (Phi) is 9.83. The van der Waals surface area contributed by atoms with Gasteiger partial charge in [0.15, 0.2) is 0 Å². The van der Waals surface area contributed by atoms with Crippen molar-refractivity contribution in [3.8, 4) is 0 Å². The maximum Gasteiger partial charge on any atom is 0.251 e. The van der Waals surface area contributed by atoms with Gasteiger partial charge in [-0.1, -0.05) is 77.3 Å². The number of fused-ring (bicyclic) bond motifs is 1. The summed E-state index contributed by atoms with van der Waals surface area (Å²) in [5.74, 6) is 1.27. The van der Waals surface area contributed by atoms with E-state index in [9.17, 15) is 9.59 Å². The first kappa shape index (κ1) is 26.7. The number of carbonyl (C=O) groups is 2. The molecule has 0 aliphatic heterocycles. The van der Waals surface area contributed by atoms with E-state index >= 15 is 0 Å². The molecule has 36 heavy (non-hydrogen) atoms. The van der Waals surface area contributed by atoms with Crippen LogP contribution in [0.15, 0.2) is 36.4 Å². The van der Waals surface area contributed by atoms with E-state index in [4.69, 9.17) is 0 Å². The molecule has 0 saturated heterocycles. The van der Waals surface area contributed by atoms with Crippen LogP contribution in [0.4, 0.5) is 0 Å². The summed E-state index contributed by atoms with van der Waals surface area (Å²) < 4.78 is 0. The highest BCUT2D eigenvalue weighted by Crippen LogP contribution is 2.30. The molecule has 0 aromatic heterocycles. The van der Waals surface area contributed by atoms with Crippen molar-refractivity contribution in [3.05, 3.63) is 47.5 Å². The van der Waals surface area contributed by atoms with Gasteiger partial charge in [0.05, 0.1) is 0 Å². The van der Waals surface area contributed by atoms with Crippen LogP contribution in [0, 0.1) is 11.8 Å². The van der Waals surface area contributed by atoms with E-state index in [-0.39, 0.29) is 11.8 Å². The summed E-state index contributed by atoms with van der Waals surface area (Å²) in [6, 6.07) is 12.3.